The molecule has 0 unspecified atom stereocenters. The Bertz CT molecular complexity index is 2510. The minimum absolute atomic E-state index is 0.0379. The number of carbonyl (C=O) groups excluding carboxylic acids is 1. The number of aliphatic hydroxyl groups is 4. The van der Waals surface area contributed by atoms with Gasteiger partial charge >= 0.3 is 36.9 Å². The molecule has 78 heavy (non-hydrogen) atoms. The standard InChI is InChI=1S/C22H38N4O6Si.C16H27N4O7P.C6H12F3O6PS/c1-21(2,3)31-20(29)25-10-15(32-33(7,8)22(4,5)6)18-19(24-12-25)26(13-23-18)17-9-14(28)16(11-27)30-17;1-3-25-28(23,26-4-2)10-24-7-13-11(21)5-14(27-13)20-9-19-15-12(22)6-17-8-18-16(15)20;1-3-13-16(10,14-4-2)5-15-17(11,12)6(7,8)9/h12-17,27-28H,9-11H2,1-8H3;8-9,11-14,21-22H,3-7,10H2,1-2H3,(H,17,18);3-5H2,1-2H3/t14-,15+,16+,17+;11-,12+,13+,14+;/m00./s1. The molecule has 0 bridgehead atoms. The van der Waals surface area contributed by atoms with Crippen molar-refractivity contribution in [3.8, 4) is 0 Å². The predicted octanol–water partition coefficient (Wildman–Crippen LogP) is 6.83. The molecular weight excluding hydrogens is 1120 g/mol. The Hall–Kier alpha value is -3.27. The lowest BCUT2D eigenvalue weighted by molar-refractivity contribution is -0.0574. The van der Waals surface area contributed by atoms with Crippen LogP contribution in [0.5, 0.6) is 0 Å². The van der Waals surface area contributed by atoms with Gasteiger partial charge in [-0.1, -0.05) is 20.8 Å². The molecule has 2 aromatic heterocycles. The first-order valence-corrected chi connectivity index (χ1v) is 32.8. The molecule has 0 saturated carbocycles. The summed E-state index contributed by atoms with van der Waals surface area (Å²) in [5, 5.41) is 43.0. The van der Waals surface area contributed by atoms with E-state index in [1.807, 2.05) is 20.8 Å². The van der Waals surface area contributed by atoms with E-state index in [0.717, 1.165) is 0 Å². The van der Waals surface area contributed by atoms with Crippen molar-refractivity contribution >= 4 is 64.0 Å². The summed E-state index contributed by atoms with van der Waals surface area (Å²) in [5.74, 6) is 1.07. The van der Waals surface area contributed by atoms with E-state index in [9.17, 15) is 55.9 Å². The van der Waals surface area contributed by atoms with Crippen LogP contribution in [0, 0.1) is 0 Å². The average Bonchev–Trinajstić information content (AvgIpc) is 4.09. The zero-order valence-corrected chi connectivity index (χ0v) is 49.5. The van der Waals surface area contributed by atoms with Crippen molar-refractivity contribution in [2.24, 2.45) is 9.98 Å². The molecule has 0 aromatic carbocycles. The number of aliphatic hydroxyl groups excluding tert-OH is 4. The monoisotopic (exact) mass is 1200 g/mol. The Labute approximate surface area is 453 Å². The minimum atomic E-state index is -5.80. The molecule has 34 heteroatoms. The summed E-state index contributed by atoms with van der Waals surface area (Å²) < 4.78 is 137. The fourth-order valence-electron chi connectivity index (χ4n) is 7.35. The predicted molar refractivity (Wildman–Crippen MR) is 278 cm³/mol. The molecule has 0 spiro atoms. The van der Waals surface area contributed by atoms with Crippen LogP contribution in [0.15, 0.2) is 22.6 Å². The second kappa shape index (κ2) is 28.1. The van der Waals surface area contributed by atoms with E-state index in [2.05, 4.69) is 72.4 Å². The van der Waals surface area contributed by atoms with Crippen LogP contribution in [0.4, 0.5) is 29.6 Å². The maximum Gasteiger partial charge on any atom is 0.523 e. The van der Waals surface area contributed by atoms with Crippen LogP contribution in [-0.2, 0) is 64.9 Å². The lowest BCUT2D eigenvalue weighted by Gasteiger charge is -2.39. The second-order valence-corrected chi connectivity index (χ2v) is 30.6. The number of aromatic nitrogens is 4. The van der Waals surface area contributed by atoms with E-state index < -0.39 is 106 Å². The van der Waals surface area contributed by atoms with Gasteiger partial charge in [-0.05, 0) is 66.6 Å². The van der Waals surface area contributed by atoms with E-state index >= 15 is 0 Å². The van der Waals surface area contributed by atoms with Crippen LogP contribution in [0.1, 0.15) is 118 Å². The quantitative estimate of drug-likeness (QED) is 0.0392. The number of rotatable bonds is 20. The Balaban J connectivity index is 0.000000266. The normalized spacial score (nSPS) is 24.0. The molecule has 448 valence electrons. The number of nitrogens with zero attached hydrogens (tertiary/aromatic N) is 7. The third-order valence-electron chi connectivity index (χ3n) is 12.1. The smallest absolute Gasteiger partial charge is 0.443 e. The first kappa shape index (κ1) is 67.2. The van der Waals surface area contributed by atoms with Crippen LogP contribution >= 0.6 is 15.2 Å². The van der Waals surface area contributed by atoms with Gasteiger partial charge in [0.2, 0.25) is 0 Å². The highest BCUT2D eigenvalue weighted by molar-refractivity contribution is 7.87. The van der Waals surface area contributed by atoms with E-state index in [-0.39, 0.29) is 64.1 Å². The van der Waals surface area contributed by atoms with E-state index in [1.165, 1.54) is 31.4 Å². The largest absolute Gasteiger partial charge is 0.523 e. The van der Waals surface area contributed by atoms with Gasteiger partial charge in [0.05, 0.1) is 83.9 Å². The molecule has 4 aliphatic rings. The topological polar surface area (TPSA) is 334 Å². The molecule has 6 rings (SSSR count). The first-order valence-electron chi connectivity index (χ1n) is 25.0. The number of fused-ring (bicyclic) bond motifs is 2. The molecule has 2 fully saturated rings. The van der Waals surface area contributed by atoms with Gasteiger partial charge in [0, 0.05) is 12.8 Å². The number of aliphatic imine (C=N–C) groups is 2. The van der Waals surface area contributed by atoms with Gasteiger partial charge in [0.1, 0.15) is 72.4 Å². The molecule has 4 aliphatic heterocycles. The number of halogens is 3. The molecule has 6 heterocycles. The van der Waals surface area contributed by atoms with Gasteiger partial charge < -0.3 is 67.2 Å². The SMILES string of the molecule is CC(C)(C)OC(=O)N1C=Nc2c(ncn2[C@H]2C[C@H](O)[C@@H](CO)O2)[C@H](O[Si](C)(C)C(C)(C)C)C1.CCOP(=O)(COC[C@H]1O[C@@H](n2cnc3c2NC=NC[C@H]3O)C[C@@H]1O)OCC.CCOP(=O)(COS(=O)(=O)C(F)(F)F)OCC. The summed E-state index contributed by atoms with van der Waals surface area (Å²) in [5.41, 5.74) is -5.14. The highest BCUT2D eigenvalue weighted by atomic mass is 32.2. The highest BCUT2D eigenvalue weighted by Crippen LogP contribution is 2.50. The zero-order chi connectivity index (χ0) is 58.7. The molecule has 5 N–H and O–H groups in total. The average molecular weight is 1200 g/mol. The molecule has 8 atom stereocenters. The van der Waals surface area contributed by atoms with E-state index in [4.69, 9.17) is 32.4 Å². The van der Waals surface area contributed by atoms with Gasteiger partial charge in [-0.15, -0.1) is 0 Å². The number of nitrogens with one attached hydrogen (secondary N) is 1. The van der Waals surface area contributed by atoms with Gasteiger partial charge in [-0.3, -0.25) is 32.3 Å². The third-order valence-corrected chi connectivity index (χ3v) is 21.3. The molecule has 1 amide bonds. The summed E-state index contributed by atoms with van der Waals surface area (Å²) in [6.45, 7) is 22.9. The van der Waals surface area contributed by atoms with Crippen LogP contribution in [0.2, 0.25) is 18.1 Å². The fourth-order valence-corrected chi connectivity index (χ4v) is 12.2. The summed E-state index contributed by atoms with van der Waals surface area (Å²) in [6, 6.07) is 0. The number of amides is 1. The number of hydrogen-bond donors (Lipinski definition) is 5. The maximum atomic E-state index is 12.9. The van der Waals surface area contributed by atoms with Gasteiger partial charge in [-0.2, -0.15) is 21.6 Å². The Morgan fingerprint density at radius 1 is 0.833 bits per heavy atom. The Morgan fingerprint density at radius 3 is 1.88 bits per heavy atom. The summed E-state index contributed by atoms with van der Waals surface area (Å²) >= 11 is 0. The van der Waals surface area contributed by atoms with Crippen LogP contribution in [0.3, 0.4) is 0 Å². The summed E-state index contributed by atoms with van der Waals surface area (Å²) in [7, 11) is -15.3. The number of carbonyl (C=O) groups is 1. The molecule has 0 aliphatic carbocycles. The second-order valence-electron chi connectivity index (χ2n) is 20.2. The van der Waals surface area contributed by atoms with Gasteiger partial charge in [0.15, 0.2) is 20.5 Å². The molecule has 27 nitrogen and oxygen atoms in total. The van der Waals surface area contributed by atoms with Crippen LogP contribution in [-0.4, -0.2) is 181 Å². The fraction of sp³-hybridized carbons (Fsp3) is 0.795. The van der Waals surface area contributed by atoms with Crippen molar-refractivity contribution in [1.82, 2.24) is 24.0 Å². The molecule has 0 radical (unpaired) electrons. The van der Waals surface area contributed by atoms with Crippen molar-refractivity contribution < 1.29 is 102 Å². The van der Waals surface area contributed by atoms with Crippen molar-refractivity contribution in [1.29, 1.82) is 0 Å². The highest BCUT2D eigenvalue weighted by Gasteiger charge is 2.49. The Kier molecular flexibility index (Phi) is 24.3. The molecular formula is C44H77F3N8O19P2SSi. The number of hydrogen-bond acceptors (Lipinski definition) is 24. The molecule has 2 saturated heterocycles. The van der Waals surface area contributed by atoms with Gasteiger partial charge in [0.25, 0.3) is 0 Å². The number of anilines is 1. The number of imidazole rings is 2. The van der Waals surface area contributed by atoms with E-state index in [1.54, 1.807) is 35.6 Å². The minimum Gasteiger partial charge on any atom is -0.443 e. The third kappa shape index (κ3) is 18.4. The van der Waals surface area contributed by atoms with Crippen molar-refractivity contribution in [3.63, 3.8) is 0 Å². The van der Waals surface area contributed by atoms with Crippen LogP contribution < -0.4 is 5.32 Å². The lowest BCUT2D eigenvalue weighted by Crippen LogP contribution is -2.45. The Morgan fingerprint density at radius 2 is 1.36 bits per heavy atom. The van der Waals surface area contributed by atoms with Gasteiger partial charge in [-0.25, -0.2) is 19.8 Å². The van der Waals surface area contributed by atoms with E-state index in [0.29, 0.717) is 35.9 Å². The van der Waals surface area contributed by atoms with Crippen molar-refractivity contribution in [2.75, 3.05) is 70.7 Å². The lowest BCUT2D eigenvalue weighted by atomic mass is 10.2. The first-order chi connectivity index (χ1) is 36.2. The summed E-state index contributed by atoms with van der Waals surface area (Å²) in [6.07, 6.45) is -0.488. The zero-order valence-electron chi connectivity index (χ0n) is 45.9. The number of alkyl halides is 3. The van der Waals surface area contributed by atoms with Crippen LogP contribution in [0.25, 0.3) is 0 Å². The number of ether oxygens (including phenoxy) is 4. The summed E-state index contributed by atoms with van der Waals surface area (Å²) in [4.78, 5) is 31.7. The van der Waals surface area contributed by atoms with Crippen molar-refractivity contribution in [3.05, 3.63) is 24.0 Å². The maximum absolute atomic E-state index is 12.9. The molecule has 2 aromatic rings. The van der Waals surface area contributed by atoms with Crippen molar-refractivity contribution in [2.45, 2.75) is 160 Å².